The first-order valence-corrected chi connectivity index (χ1v) is 8.63. The fourth-order valence-corrected chi connectivity index (χ4v) is 2.84. The van der Waals surface area contributed by atoms with E-state index in [0.29, 0.717) is 10.9 Å². The summed E-state index contributed by atoms with van der Waals surface area (Å²) in [6, 6.07) is 12.5. The summed E-state index contributed by atoms with van der Waals surface area (Å²) in [7, 11) is 0. The van der Waals surface area contributed by atoms with Gasteiger partial charge in [0.2, 0.25) is 0 Å². The summed E-state index contributed by atoms with van der Waals surface area (Å²) in [5, 5.41) is 20.8. The number of aromatic amines is 1. The number of carbonyl (C=O) groups excluding carboxylic acids is 2. The smallest absolute Gasteiger partial charge is 0.308 e. The lowest BCUT2D eigenvalue weighted by Crippen LogP contribution is -2.31. The predicted molar refractivity (Wildman–Crippen MR) is 101 cm³/mol. The molecule has 0 bridgehead atoms. The van der Waals surface area contributed by atoms with Gasteiger partial charge in [0.25, 0.3) is 11.6 Å². The number of nitrogens with one attached hydrogen (secondary N) is 2. The maximum atomic E-state index is 12.8. The minimum absolute atomic E-state index is 0.0171. The summed E-state index contributed by atoms with van der Waals surface area (Å²) in [4.78, 5) is 35.2. The van der Waals surface area contributed by atoms with E-state index in [0.717, 1.165) is 5.56 Å². The standard InChI is InChI=1S/C19H18N4O5/c1-2-28-17(24)11-16(12-6-4-3-5-7-12)20-19(25)18-14-10-13(23(26)27)8-9-15(14)21-22-18/h3-10,16H,2,11H2,1H3,(H,20,25)(H,21,22). The van der Waals surface area contributed by atoms with Gasteiger partial charge < -0.3 is 10.1 Å². The number of carbonyl (C=O) groups is 2. The van der Waals surface area contributed by atoms with E-state index in [1.807, 2.05) is 6.07 Å². The zero-order valence-corrected chi connectivity index (χ0v) is 15.0. The van der Waals surface area contributed by atoms with Crippen LogP contribution in [-0.2, 0) is 9.53 Å². The number of fused-ring (bicyclic) bond motifs is 1. The van der Waals surface area contributed by atoms with Crippen LogP contribution in [0.25, 0.3) is 10.9 Å². The molecule has 3 aromatic rings. The number of hydrogen-bond acceptors (Lipinski definition) is 6. The van der Waals surface area contributed by atoms with Gasteiger partial charge in [0.15, 0.2) is 5.69 Å². The third-order valence-corrected chi connectivity index (χ3v) is 4.16. The summed E-state index contributed by atoms with van der Waals surface area (Å²) in [6.45, 7) is 1.94. The van der Waals surface area contributed by atoms with Crippen molar-refractivity contribution in [1.82, 2.24) is 15.5 Å². The molecule has 0 spiro atoms. The van der Waals surface area contributed by atoms with E-state index < -0.39 is 22.8 Å². The molecule has 28 heavy (non-hydrogen) atoms. The normalized spacial score (nSPS) is 11.8. The number of aromatic nitrogens is 2. The van der Waals surface area contributed by atoms with Crippen LogP contribution in [0.3, 0.4) is 0 Å². The van der Waals surface area contributed by atoms with E-state index >= 15 is 0 Å². The van der Waals surface area contributed by atoms with Crippen LogP contribution < -0.4 is 5.32 Å². The number of nitro groups is 1. The van der Waals surface area contributed by atoms with Crippen molar-refractivity contribution >= 4 is 28.5 Å². The van der Waals surface area contributed by atoms with Gasteiger partial charge in [-0.15, -0.1) is 0 Å². The van der Waals surface area contributed by atoms with E-state index in [1.54, 1.807) is 31.2 Å². The molecule has 0 saturated carbocycles. The van der Waals surface area contributed by atoms with E-state index in [1.165, 1.54) is 18.2 Å². The molecule has 3 rings (SSSR count). The van der Waals surface area contributed by atoms with Crippen LogP contribution in [0.4, 0.5) is 5.69 Å². The first-order chi connectivity index (χ1) is 13.5. The number of nitrogens with zero attached hydrogens (tertiary/aromatic N) is 2. The monoisotopic (exact) mass is 382 g/mol. The number of hydrogen-bond donors (Lipinski definition) is 2. The largest absolute Gasteiger partial charge is 0.466 e. The van der Waals surface area contributed by atoms with Crippen molar-refractivity contribution < 1.29 is 19.2 Å². The van der Waals surface area contributed by atoms with Crippen LogP contribution in [0, 0.1) is 10.1 Å². The van der Waals surface area contributed by atoms with Gasteiger partial charge in [0, 0.05) is 17.5 Å². The van der Waals surface area contributed by atoms with Crippen LogP contribution in [0.1, 0.15) is 35.4 Å². The zero-order valence-electron chi connectivity index (χ0n) is 15.0. The lowest BCUT2D eigenvalue weighted by atomic mass is 10.0. The fraction of sp³-hybridized carbons (Fsp3) is 0.211. The summed E-state index contributed by atoms with van der Waals surface area (Å²) in [6.07, 6.45) is -0.0495. The summed E-state index contributed by atoms with van der Waals surface area (Å²) in [5.41, 5.74) is 1.10. The van der Waals surface area contributed by atoms with Gasteiger partial charge in [-0.1, -0.05) is 30.3 Å². The molecule has 9 nitrogen and oxygen atoms in total. The molecule has 0 aliphatic heterocycles. The highest BCUT2D eigenvalue weighted by atomic mass is 16.6. The highest BCUT2D eigenvalue weighted by molar-refractivity contribution is 6.05. The van der Waals surface area contributed by atoms with Crippen LogP contribution in [0.5, 0.6) is 0 Å². The number of nitro benzene ring substituents is 1. The van der Waals surface area contributed by atoms with Crippen molar-refractivity contribution in [2.75, 3.05) is 6.61 Å². The van der Waals surface area contributed by atoms with Gasteiger partial charge in [-0.2, -0.15) is 5.10 Å². The molecule has 1 unspecified atom stereocenters. The number of H-pyrrole nitrogens is 1. The second-order valence-electron chi connectivity index (χ2n) is 6.01. The van der Waals surface area contributed by atoms with Crippen molar-refractivity contribution in [2.24, 2.45) is 0 Å². The molecule has 0 saturated heterocycles. The van der Waals surface area contributed by atoms with Crippen molar-refractivity contribution in [3.05, 3.63) is 69.9 Å². The minimum atomic E-state index is -0.627. The molecule has 1 atom stereocenters. The zero-order chi connectivity index (χ0) is 20.1. The van der Waals surface area contributed by atoms with Crippen LogP contribution >= 0.6 is 0 Å². The Labute approximate surface area is 159 Å². The number of non-ortho nitro benzene ring substituents is 1. The third kappa shape index (κ3) is 4.14. The topological polar surface area (TPSA) is 127 Å². The number of benzene rings is 2. The van der Waals surface area contributed by atoms with Crippen molar-refractivity contribution in [3.63, 3.8) is 0 Å². The molecule has 0 aliphatic carbocycles. The molecule has 1 amide bonds. The molecular weight excluding hydrogens is 364 g/mol. The molecule has 2 aromatic carbocycles. The number of rotatable bonds is 7. The Balaban J connectivity index is 1.89. The average Bonchev–Trinajstić information content (AvgIpc) is 3.11. The van der Waals surface area contributed by atoms with Gasteiger partial charge in [-0.25, -0.2) is 0 Å². The minimum Gasteiger partial charge on any atom is -0.466 e. The van der Waals surface area contributed by atoms with Crippen molar-refractivity contribution in [1.29, 1.82) is 0 Å². The van der Waals surface area contributed by atoms with E-state index in [9.17, 15) is 19.7 Å². The Hall–Kier alpha value is -3.75. The quantitative estimate of drug-likeness (QED) is 0.367. The Morgan fingerprint density at radius 1 is 1.25 bits per heavy atom. The highest BCUT2D eigenvalue weighted by Crippen LogP contribution is 2.23. The molecule has 0 fully saturated rings. The molecule has 2 N–H and O–H groups in total. The molecule has 9 heteroatoms. The predicted octanol–water partition coefficient (Wildman–Crippen LogP) is 2.90. The maximum absolute atomic E-state index is 12.8. The SMILES string of the molecule is CCOC(=O)CC(NC(=O)c1n[nH]c2ccc([N+](=O)[O-])cc12)c1ccccc1. The Morgan fingerprint density at radius 2 is 2.00 bits per heavy atom. The van der Waals surface area contributed by atoms with Crippen LogP contribution in [-0.4, -0.2) is 33.6 Å². The second kappa shape index (κ2) is 8.30. The fourth-order valence-electron chi connectivity index (χ4n) is 2.84. The lowest BCUT2D eigenvalue weighted by Gasteiger charge is -2.18. The molecular formula is C19H18N4O5. The van der Waals surface area contributed by atoms with E-state index in [-0.39, 0.29) is 24.4 Å². The number of ether oxygens (including phenoxy) is 1. The van der Waals surface area contributed by atoms with E-state index in [4.69, 9.17) is 4.74 Å². The summed E-state index contributed by atoms with van der Waals surface area (Å²) < 4.78 is 4.99. The number of amides is 1. The maximum Gasteiger partial charge on any atom is 0.308 e. The Bertz CT molecular complexity index is 1020. The summed E-state index contributed by atoms with van der Waals surface area (Å²) >= 11 is 0. The number of esters is 1. The van der Waals surface area contributed by atoms with Crippen molar-refractivity contribution in [3.8, 4) is 0 Å². The molecule has 0 aliphatic rings. The highest BCUT2D eigenvalue weighted by Gasteiger charge is 2.23. The molecule has 144 valence electrons. The van der Waals surface area contributed by atoms with Crippen LogP contribution in [0.2, 0.25) is 0 Å². The molecule has 1 aromatic heterocycles. The van der Waals surface area contributed by atoms with Gasteiger partial charge in [-0.3, -0.25) is 24.8 Å². The molecule has 0 radical (unpaired) electrons. The van der Waals surface area contributed by atoms with Crippen molar-refractivity contribution in [2.45, 2.75) is 19.4 Å². The van der Waals surface area contributed by atoms with Gasteiger partial charge in [0.05, 0.1) is 29.5 Å². The lowest BCUT2D eigenvalue weighted by molar-refractivity contribution is -0.384. The van der Waals surface area contributed by atoms with E-state index in [2.05, 4.69) is 15.5 Å². The summed E-state index contributed by atoms with van der Waals surface area (Å²) in [5.74, 6) is -0.996. The van der Waals surface area contributed by atoms with Gasteiger partial charge in [-0.05, 0) is 18.6 Å². The van der Waals surface area contributed by atoms with Gasteiger partial charge >= 0.3 is 5.97 Å². The second-order valence-corrected chi connectivity index (χ2v) is 6.01. The van der Waals surface area contributed by atoms with Gasteiger partial charge in [0.1, 0.15) is 0 Å². The Morgan fingerprint density at radius 3 is 2.68 bits per heavy atom. The Kier molecular flexibility index (Phi) is 5.64. The first kappa shape index (κ1) is 19.0. The molecule has 1 heterocycles. The first-order valence-electron chi connectivity index (χ1n) is 8.63. The average molecular weight is 382 g/mol. The third-order valence-electron chi connectivity index (χ3n) is 4.16. The van der Waals surface area contributed by atoms with Crippen LogP contribution in [0.15, 0.2) is 48.5 Å².